The molecule has 1 fully saturated rings. The Hall–Kier alpha value is -0.770. The van der Waals surface area contributed by atoms with Gasteiger partial charge < -0.3 is 16.0 Å². The zero-order valence-electron chi connectivity index (χ0n) is 18.2. The van der Waals surface area contributed by atoms with E-state index in [1.54, 1.807) is 7.05 Å². The molecule has 170 valence electrons. The fraction of sp³-hybridized carbons (Fsp3) is 0.619. The summed E-state index contributed by atoms with van der Waals surface area (Å²) in [4.78, 5) is 18.6. The maximum absolute atomic E-state index is 11.9. The summed E-state index contributed by atoms with van der Waals surface area (Å²) < 4.78 is 0. The van der Waals surface area contributed by atoms with Crippen molar-refractivity contribution in [2.75, 3.05) is 33.2 Å². The number of hydrogen-bond donors (Lipinski definition) is 3. The van der Waals surface area contributed by atoms with Crippen molar-refractivity contribution < 1.29 is 4.79 Å². The first-order chi connectivity index (χ1) is 13.7. The molecule has 9 heteroatoms. The number of likely N-dealkylation sites (tertiary alicyclic amines) is 1. The molecule has 0 unspecified atom stereocenters. The molecule has 2 rings (SSSR count). The maximum atomic E-state index is 11.9. The van der Waals surface area contributed by atoms with Crippen molar-refractivity contribution in [3.63, 3.8) is 0 Å². The van der Waals surface area contributed by atoms with Crippen LogP contribution in [0.5, 0.6) is 0 Å². The van der Waals surface area contributed by atoms with Crippen LogP contribution in [0.1, 0.15) is 39.2 Å². The lowest BCUT2D eigenvalue weighted by atomic mass is 9.96. The average Bonchev–Trinajstić information content (AvgIpc) is 2.67. The van der Waals surface area contributed by atoms with Crippen LogP contribution in [-0.2, 0) is 11.3 Å². The normalized spacial score (nSPS) is 16.0. The Morgan fingerprint density at radius 1 is 1.13 bits per heavy atom. The van der Waals surface area contributed by atoms with Crippen LogP contribution in [0.25, 0.3) is 0 Å². The van der Waals surface area contributed by atoms with Gasteiger partial charge in [0.05, 0.1) is 10.0 Å². The monoisotopic (exact) mass is 569 g/mol. The number of nitrogens with zero attached hydrogens (tertiary/aromatic N) is 2. The van der Waals surface area contributed by atoms with Crippen molar-refractivity contribution >= 4 is 59.0 Å². The fourth-order valence-corrected chi connectivity index (χ4v) is 3.46. The lowest BCUT2D eigenvalue weighted by molar-refractivity contribution is -0.128. The highest BCUT2D eigenvalue weighted by Crippen LogP contribution is 2.24. The number of hydrogen-bond acceptors (Lipinski definition) is 3. The number of amides is 1. The molecule has 30 heavy (non-hydrogen) atoms. The van der Waals surface area contributed by atoms with E-state index in [0.29, 0.717) is 29.2 Å². The van der Waals surface area contributed by atoms with Crippen LogP contribution >= 0.6 is 47.2 Å². The summed E-state index contributed by atoms with van der Waals surface area (Å²) in [6.07, 6.45) is 2.09. The van der Waals surface area contributed by atoms with E-state index in [0.717, 1.165) is 38.4 Å². The molecule has 0 atom stereocenters. The van der Waals surface area contributed by atoms with Crippen LogP contribution in [0.15, 0.2) is 23.2 Å². The SMILES string of the molecule is CN=C(NCCNC(=O)C(C)(C)C)NC1CCN(Cc2ccc(Cl)c(Cl)c2)CC1.I. The van der Waals surface area contributed by atoms with E-state index < -0.39 is 0 Å². The number of benzene rings is 1. The third-order valence-corrected chi connectivity index (χ3v) is 5.67. The Morgan fingerprint density at radius 3 is 2.33 bits per heavy atom. The van der Waals surface area contributed by atoms with Gasteiger partial charge in [-0.15, -0.1) is 24.0 Å². The van der Waals surface area contributed by atoms with E-state index in [-0.39, 0.29) is 35.3 Å². The predicted octanol–water partition coefficient (Wildman–Crippen LogP) is 3.90. The Labute approximate surface area is 207 Å². The molecule has 0 radical (unpaired) electrons. The minimum absolute atomic E-state index is 0. The third-order valence-electron chi connectivity index (χ3n) is 4.93. The predicted molar refractivity (Wildman–Crippen MR) is 137 cm³/mol. The van der Waals surface area contributed by atoms with Crippen molar-refractivity contribution in [1.29, 1.82) is 0 Å². The minimum Gasteiger partial charge on any atom is -0.355 e. The first-order valence-electron chi connectivity index (χ1n) is 10.1. The molecule has 0 aliphatic carbocycles. The zero-order chi connectivity index (χ0) is 21.4. The molecule has 6 nitrogen and oxygen atoms in total. The lowest BCUT2D eigenvalue weighted by Crippen LogP contribution is -2.49. The quantitative estimate of drug-likeness (QED) is 0.210. The summed E-state index contributed by atoms with van der Waals surface area (Å²) >= 11 is 12.1. The standard InChI is InChI=1S/C21H33Cl2N5O.HI/c1-21(2,3)19(29)25-9-10-26-20(24-4)27-16-7-11-28(12-8-16)14-15-5-6-17(22)18(23)13-15;/h5-6,13,16H,7-12,14H2,1-4H3,(H,25,29)(H2,24,26,27);1H. The molecular weight excluding hydrogens is 536 g/mol. The Kier molecular flexibility index (Phi) is 11.8. The molecule has 1 aliphatic rings. The van der Waals surface area contributed by atoms with Crippen molar-refractivity contribution in [2.45, 2.75) is 46.2 Å². The van der Waals surface area contributed by atoms with Crippen LogP contribution < -0.4 is 16.0 Å². The highest BCUT2D eigenvalue weighted by atomic mass is 127. The maximum Gasteiger partial charge on any atom is 0.225 e. The van der Waals surface area contributed by atoms with Crippen LogP contribution in [-0.4, -0.2) is 56.0 Å². The second-order valence-corrected chi connectivity index (χ2v) is 9.26. The molecule has 1 amide bonds. The summed E-state index contributed by atoms with van der Waals surface area (Å²) in [5, 5.41) is 10.9. The van der Waals surface area contributed by atoms with Crippen molar-refractivity contribution in [3.05, 3.63) is 33.8 Å². The topological polar surface area (TPSA) is 68.8 Å². The lowest BCUT2D eigenvalue weighted by Gasteiger charge is -2.33. The number of aliphatic imine (C=N–C) groups is 1. The van der Waals surface area contributed by atoms with Crippen molar-refractivity contribution in [1.82, 2.24) is 20.9 Å². The second kappa shape index (κ2) is 12.9. The van der Waals surface area contributed by atoms with Gasteiger partial charge in [0.1, 0.15) is 0 Å². The van der Waals surface area contributed by atoms with E-state index in [2.05, 4.69) is 25.8 Å². The molecule has 0 spiro atoms. The molecule has 1 saturated heterocycles. The van der Waals surface area contributed by atoms with E-state index in [1.807, 2.05) is 39.0 Å². The molecule has 3 N–H and O–H groups in total. The van der Waals surface area contributed by atoms with Gasteiger partial charge in [-0.2, -0.15) is 0 Å². The average molecular weight is 570 g/mol. The van der Waals surface area contributed by atoms with Gasteiger partial charge in [-0.1, -0.05) is 50.0 Å². The number of nitrogens with one attached hydrogen (secondary N) is 3. The summed E-state index contributed by atoms with van der Waals surface area (Å²) in [6, 6.07) is 6.21. The number of carbonyl (C=O) groups excluding carboxylic acids is 1. The van der Waals surface area contributed by atoms with E-state index in [1.165, 1.54) is 5.56 Å². The summed E-state index contributed by atoms with van der Waals surface area (Å²) in [5.41, 5.74) is 0.811. The van der Waals surface area contributed by atoms with Gasteiger partial charge in [0.25, 0.3) is 0 Å². The highest BCUT2D eigenvalue weighted by Gasteiger charge is 2.21. The Morgan fingerprint density at radius 2 is 1.77 bits per heavy atom. The number of carbonyl (C=O) groups is 1. The van der Waals surface area contributed by atoms with Gasteiger partial charge in [-0.05, 0) is 30.5 Å². The van der Waals surface area contributed by atoms with Gasteiger partial charge in [0.2, 0.25) is 5.91 Å². The molecule has 0 bridgehead atoms. The summed E-state index contributed by atoms with van der Waals surface area (Å²) in [6.45, 7) is 9.83. The van der Waals surface area contributed by atoms with Gasteiger partial charge >= 0.3 is 0 Å². The van der Waals surface area contributed by atoms with Crippen LogP contribution in [0.2, 0.25) is 10.0 Å². The summed E-state index contributed by atoms with van der Waals surface area (Å²) in [7, 11) is 1.77. The van der Waals surface area contributed by atoms with Gasteiger partial charge in [0.15, 0.2) is 5.96 Å². The molecule has 1 aromatic rings. The third kappa shape index (κ3) is 9.16. The number of rotatable bonds is 6. The highest BCUT2D eigenvalue weighted by molar-refractivity contribution is 14.0. The van der Waals surface area contributed by atoms with Gasteiger partial charge in [-0.25, -0.2) is 0 Å². The zero-order valence-corrected chi connectivity index (χ0v) is 22.1. The molecule has 0 aromatic heterocycles. The number of halogens is 3. The molecule has 0 saturated carbocycles. The van der Waals surface area contributed by atoms with Crippen molar-refractivity contribution in [2.24, 2.45) is 10.4 Å². The number of guanidine groups is 1. The molecule has 1 heterocycles. The largest absolute Gasteiger partial charge is 0.355 e. The van der Waals surface area contributed by atoms with Crippen LogP contribution in [0.3, 0.4) is 0 Å². The first-order valence-corrected chi connectivity index (χ1v) is 10.9. The summed E-state index contributed by atoms with van der Waals surface area (Å²) in [5.74, 6) is 0.828. The Balaban J connectivity index is 0.00000450. The molecule has 1 aromatic carbocycles. The van der Waals surface area contributed by atoms with Gasteiger partial charge in [-0.3, -0.25) is 14.7 Å². The Bertz CT molecular complexity index is 716. The van der Waals surface area contributed by atoms with Gasteiger partial charge in [0, 0.05) is 51.2 Å². The second-order valence-electron chi connectivity index (χ2n) is 8.45. The smallest absolute Gasteiger partial charge is 0.225 e. The molecule has 1 aliphatic heterocycles. The number of piperidine rings is 1. The van der Waals surface area contributed by atoms with Crippen LogP contribution in [0, 0.1) is 5.41 Å². The van der Waals surface area contributed by atoms with E-state index >= 15 is 0 Å². The fourth-order valence-electron chi connectivity index (χ4n) is 3.14. The molecular formula is C21H34Cl2IN5O. The van der Waals surface area contributed by atoms with E-state index in [4.69, 9.17) is 23.2 Å². The van der Waals surface area contributed by atoms with E-state index in [9.17, 15) is 4.79 Å². The van der Waals surface area contributed by atoms with Crippen molar-refractivity contribution in [3.8, 4) is 0 Å². The first kappa shape index (κ1) is 27.3. The minimum atomic E-state index is -0.370. The van der Waals surface area contributed by atoms with Crippen LogP contribution in [0.4, 0.5) is 0 Å².